The summed E-state index contributed by atoms with van der Waals surface area (Å²) in [7, 11) is 2.16. The number of nitrogens with zero attached hydrogens (tertiary/aromatic N) is 1. The summed E-state index contributed by atoms with van der Waals surface area (Å²) < 4.78 is 0. The van der Waals surface area contributed by atoms with Crippen molar-refractivity contribution in [1.82, 2.24) is 4.90 Å². The van der Waals surface area contributed by atoms with E-state index in [-0.39, 0.29) is 11.5 Å². The second-order valence-electron chi connectivity index (χ2n) is 6.44. The SMILES string of the molecule is CC(N(C)CCC(N)c1ccccc1Cl)C(C)(C)C. The van der Waals surface area contributed by atoms with Crippen LogP contribution in [0, 0.1) is 5.41 Å². The zero-order chi connectivity index (χ0) is 14.6. The monoisotopic (exact) mass is 282 g/mol. The lowest BCUT2D eigenvalue weighted by Crippen LogP contribution is -2.40. The maximum atomic E-state index is 6.24. The molecule has 0 aliphatic carbocycles. The fourth-order valence-electron chi connectivity index (χ4n) is 2.13. The molecule has 0 saturated carbocycles. The molecule has 2 atom stereocenters. The average Bonchev–Trinajstić information content (AvgIpc) is 2.34. The zero-order valence-electron chi connectivity index (χ0n) is 12.8. The number of nitrogens with two attached hydrogens (primary N) is 1. The van der Waals surface area contributed by atoms with Gasteiger partial charge in [-0.05, 0) is 44.0 Å². The molecular formula is C16H27ClN2. The normalized spacial score (nSPS) is 15.6. The summed E-state index contributed by atoms with van der Waals surface area (Å²) in [6, 6.07) is 8.36. The summed E-state index contributed by atoms with van der Waals surface area (Å²) >= 11 is 6.18. The van der Waals surface area contributed by atoms with Crippen molar-refractivity contribution in [1.29, 1.82) is 0 Å². The van der Waals surface area contributed by atoms with Crippen molar-refractivity contribution in [2.75, 3.05) is 13.6 Å². The third-order valence-corrected chi connectivity index (χ3v) is 4.36. The molecule has 0 aromatic heterocycles. The first-order valence-electron chi connectivity index (χ1n) is 6.93. The van der Waals surface area contributed by atoms with Crippen molar-refractivity contribution in [3.8, 4) is 0 Å². The predicted molar refractivity (Wildman–Crippen MR) is 84.5 cm³/mol. The molecule has 0 radical (unpaired) electrons. The molecule has 0 amide bonds. The highest BCUT2D eigenvalue weighted by atomic mass is 35.5. The van der Waals surface area contributed by atoms with Gasteiger partial charge in [-0.2, -0.15) is 0 Å². The summed E-state index contributed by atoms with van der Waals surface area (Å²) in [5.74, 6) is 0. The molecule has 19 heavy (non-hydrogen) atoms. The van der Waals surface area contributed by atoms with Crippen LogP contribution in [0.4, 0.5) is 0 Å². The Balaban J connectivity index is 2.56. The molecule has 0 aliphatic heterocycles. The fraction of sp³-hybridized carbons (Fsp3) is 0.625. The molecule has 0 aliphatic rings. The van der Waals surface area contributed by atoms with Crippen molar-refractivity contribution >= 4 is 11.6 Å². The molecular weight excluding hydrogens is 256 g/mol. The Morgan fingerprint density at radius 2 is 1.84 bits per heavy atom. The molecule has 108 valence electrons. The third-order valence-electron chi connectivity index (χ3n) is 4.01. The van der Waals surface area contributed by atoms with Gasteiger partial charge in [-0.3, -0.25) is 0 Å². The maximum absolute atomic E-state index is 6.24. The standard InChI is InChI=1S/C16H27ClN2/c1-12(16(2,3)4)19(5)11-10-15(18)13-8-6-7-9-14(13)17/h6-9,12,15H,10-11,18H2,1-5H3. The van der Waals surface area contributed by atoms with E-state index < -0.39 is 0 Å². The van der Waals surface area contributed by atoms with Crippen molar-refractivity contribution in [3.63, 3.8) is 0 Å². The summed E-state index contributed by atoms with van der Waals surface area (Å²) in [5.41, 5.74) is 7.57. The smallest absolute Gasteiger partial charge is 0.0453 e. The van der Waals surface area contributed by atoms with Crippen molar-refractivity contribution < 1.29 is 0 Å². The topological polar surface area (TPSA) is 29.3 Å². The van der Waals surface area contributed by atoms with Gasteiger partial charge in [0.05, 0.1) is 0 Å². The van der Waals surface area contributed by atoms with Gasteiger partial charge in [0.1, 0.15) is 0 Å². The van der Waals surface area contributed by atoms with Crippen molar-refractivity contribution in [2.45, 2.75) is 46.2 Å². The highest BCUT2D eigenvalue weighted by Gasteiger charge is 2.24. The lowest BCUT2D eigenvalue weighted by molar-refractivity contribution is 0.137. The first-order valence-corrected chi connectivity index (χ1v) is 7.31. The van der Waals surface area contributed by atoms with Gasteiger partial charge in [0, 0.05) is 17.1 Å². The first kappa shape index (κ1) is 16.5. The van der Waals surface area contributed by atoms with Crippen LogP contribution in [0.3, 0.4) is 0 Å². The lowest BCUT2D eigenvalue weighted by atomic mass is 9.87. The Labute approximate surface area is 122 Å². The molecule has 2 nitrogen and oxygen atoms in total. The number of hydrogen-bond acceptors (Lipinski definition) is 2. The second-order valence-corrected chi connectivity index (χ2v) is 6.85. The van der Waals surface area contributed by atoms with Gasteiger partial charge in [-0.25, -0.2) is 0 Å². The van der Waals surface area contributed by atoms with E-state index >= 15 is 0 Å². The van der Waals surface area contributed by atoms with E-state index in [9.17, 15) is 0 Å². The van der Waals surface area contributed by atoms with E-state index in [1.165, 1.54) is 0 Å². The fourth-order valence-corrected chi connectivity index (χ4v) is 2.40. The van der Waals surface area contributed by atoms with Crippen LogP contribution in [0.2, 0.25) is 5.02 Å². The molecule has 0 heterocycles. The molecule has 0 saturated heterocycles. The molecule has 2 unspecified atom stereocenters. The summed E-state index contributed by atoms with van der Waals surface area (Å²) in [6.07, 6.45) is 0.917. The number of benzene rings is 1. The van der Waals surface area contributed by atoms with Crippen LogP contribution in [0.1, 0.15) is 45.7 Å². The second kappa shape index (κ2) is 6.74. The predicted octanol–water partition coefficient (Wildman–Crippen LogP) is 4.10. The van der Waals surface area contributed by atoms with Gasteiger partial charge in [0.15, 0.2) is 0 Å². The molecule has 0 spiro atoms. The number of hydrogen-bond donors (Lipinski definition) is 1. The van der Waals surface area contributed by atoms with Crippen LogP contribution in [0.5, 0.6) is 0 Å². The zero-order valence-corrected chi connectivity index (χ0v) is 13.5. The van der Waals surface area contributed by atoms with Crippen molar-refractivity contribution in [3.05, 3.63) is 34.9 Å². The van der Waals surface area contributed by atoms with Gasteiger partial charge >= 0.3 is 0 Å². The Morgan fingerprint density at radius 3 is 2.37 bits per heavy atom. The Hall–Kier alpha value is -0.570. The van der Waals surface area contributed by atoms with Gasteiger partial charge in [-0.1, -0.05) is 50.6 Å². The van der Waals surface area contributed by atoms with Gasteiger partial charge in [0.2, 0.25) is 0 Å². The third kappa shape index (κ3) is 4.79. The maximum Gasteiger partial charge on any atom is 0.0453 e. The average molecular weight is 283 g/mol. The molecule has 1 aromatic rings. The van der Waals surface area contributed by atoms with E-state index in [1.807, 2.05) is 24.3 Å². The van der Waals surface area contributed by atoms with Crippen LogP contribution in [-0.4, -0.2) is 24.5 Å². The van der Waals surface area contributed by atoms with E-state index in [1.54, 1.807) is 0 Å². The van der Waals surface area contributed by atoms with Crippen LogP contribution < -0.4 is 5.73 Å². The molecule has 0 bridgehead atoms. The molecule has 3 heteroatoms. The minimum absolute atomic E-state index is 0.00307. The van der Waals surface area contributed by atoms with E-state index in [0.29, 0.717) is 6.04 Å². The van der Waals surface area contributed by atoms with Crippen molar-refractivity contribution in [2.24, 2.45) is 11.1 Å². The van der Waals surface area contributed by atoms with Gasteiger partial charge < -0.3 is 10.6 Å². The Morgan fingerprint density at radius 1 is 1.26 bits per heavy atom. The van der Waals surface area contributed by atoms with Crippen LogP contribution in [0.25, 0.3) is 0 Å². The van der Waals surface area contributed by atoms with Crippen LogP contribution in [-0.2, 0) is 0 Å². The molecule has 1 rings (SSSR count). The number of rotatable bonds is 5. The molecule has 2 N–H and O–H groups in total. The van der Waals surface area contributed by atoms with Gasteiger partial charge in [0.25, 0.3) is 0 Å². The minimum atomic E-state index is 0.00307. The summed E-state index contributed by atoms with van der Waals surface area (Å²) in [6.45, 7) is 10.0. The van der Waals surface area contributed by atoms with Gasteiger partial charge in [-0.15, -0.1) is 0 Å². The summed E-state index contributed by atoms with van der Waals surface area (Å²) in [4.78, 5) is 2.37. The largest absolute Gasteiger partial charge is 0.324 e. The highest BCUT2D eigenvalue weighted by molar-refractivity contribution is 6.31. The molecule has 1 aromatic carbocycles. The lowest BCUT2D eigenvalue weighted by Gasteiger charge is -2.35. The molecule has 0 fully saturated rings. The van der Waals surface area contributed by atoms with E-state index in [0.717, 1.165) is 23.6 Å². The van der Waals surface area contributed by atoms with E-state index in [4.69, 9.17) is 17.3 Å². The first-order chi connectivity index (χ1) is 8.73. The quantitative estimate of drug-likeness (QED) is 0.881. The van der Waals surface area contributed by atoms with Crippen LogP contribution >= 0.6 is 11.6 Å². The Bertz CT molecular complexity index is 398. The summed E-state index contributed by atoms with van der Waals surface area (Å²) in [5, 5.41) is 0.765. The highest BCUT2D eigenvalue weighted by Crippen LogP contribution is 2.26. The van der Waals surface area contributed by atoms with Crippen LogP contribution in [0.15, 0.2) is 24.3 Å². The van der Waals surface area contributed by atoms with E-state index in [2.05, 4.69) is 39.6 Å². The minimum Gasteiger partial charge on any atom is -0.324 e. The Kier molecular flexibility index (Phi) is 5.84. The number of halogens is 1.